The number of nitrogens with zero attached hydrogens (tertiary/aromatic N) is 3. The molecule has 0 saturated carbocycles. The van der Waals surface area contributed by atoms with Crippen LogP contribution < -0.4 is 10.9 Å². The van der Waals surface area contributed by atoms with Gasteiger partial charge in [-0.15, -0.1) is 0 Å². The normalized spacial score (nSPS) is 14.8. The minimum absolute atomic E-state index is 0.00196. The van der Waals surface area contributed by atoms with Gasteiger partial charge in [-0.3, -0.25) is 14.4 Å². The van der Waals surface area contributed by atoms with Crippen molar-refractivity contribution in [3.05, 3.63) is 63.4 Å². The number of aryl methyl sites for hydroxylation is 3. The highest BCUT2D eigenvalue weighted by atomic mass is 16.3. The number of piperidine rings is 1. The molecule has 8 heteroatoms. The SMILES string of the molecule is Cc1ccccc1C(=O)NC1CCN(C(=O)c2c(C)oc3ncn(C)c(=O)c23)CC1. The highest BCUT2D eigenvalue weighted by Gasteiger charge is 2.30. The van der Waals surface area contributed by atoms with Crippen molar-refractivity contribution in [2.45, 2.75) is 32.7 Å². The second-order valence-corrected chi connectivity index (χ2v) is 7.73. The van der Waals surface area contributed by atoms with Crippen LogP contribution in [0.1, 0.15) is 44.9 Å². The molecule has 1 aliphatic rings. The van der Waals surface area contributed by atoms with Crippen LogP contribution in [0.3, 0.4) is 0 Å². The van der Waals surface area contributed by atoms with Crippen LogP contribution in [0.4, 0.5) is 0 Å². The fourth-order valence-corrected chi connectivity index (χ4v) is 3.92. The van der Waals surface area contributed by atoms with Crippen LogP contribution in [0.25, 0.3) is 11.1 Å². The first-order chi connectivity index (χ1) is 14.4. The number of furan rings is 1. The summed E-state index contributed by atoms with van der Waals surface area (Å²) in [6, 6.07) is 7.47. The number of nitrogens with one attached hydrogen (secondary N) is 1. The lowest BCUT2D eigenvalue weighted by Gasteiger charge is -2.32. The van der Waals surface area contributed by atoms with E-state index in [9.17, 15) is 14.4 Å². The molecule has 30 heavy (non-hydrogen) atoms. The third kappa shape index (κ3) is 3.49. The predicted molar refractivity (Wildman–Crippen MR) is 112 cm³/mol. The predicted octanol–water partition coefficient (Wildman–Crippen LogP) is 2.18. The van der Waals surface area contributed by atoms with Crippen molar-refractivity contribution in [3.8, 4) is 0 Å². The van der Waals surface area contributed by atoms with Crippen molar-refractivity contribution in [3.63, 3.8) is 0 Å². The fourth-order valence-electron chi connectivity index (χ4n) is 3.92. The zero-order valence-corrected chi connectivity index (χ0v) is 17.3. The summed E-state index contributed by atoms with van der Waals surface area (Å²) in [5, 5.41) is 3.29. The van der Waals surface area contributed by atoms with Gasteiger partial charge in [0.15, 0.2) is 0 Å². The van der Waals surface area contributed by atoms with Crippen molar-refractivity contribution in [1.29, 1.82) is 0 Å². The van der Waals surface area contributed by atoms with E-state index < -0.39 is 0 Å². The number of aromatic nitrogens is 2. The summed E-state index contributed by atoms with van der Waals surface area (Å²) in [4.78, 5) is 44.1. The molecule has 1 fully saturated rings. The van der Waals surface area contributed by atoms with Gasteiger partial charge in [0, 0.05) is 31.7 Å². The average Bonchev–Trinajstić information content (AvgIpc) is 3.07. The highest BCUT2D eigenvalue weighted by Crippen LogP contribution is 2.24. The van der Waals surface area contributed by atoms with Crippen molar-refractivity contribution in [2.24, 2.45) is 7.05 Å². The Morgan fingerprint density at radius 1 is 1.17 bits per heavy atom. The van der Waals surface area contributed by atoms with Gasteiger partial charge in [-0.25, -0.2) is 4.98 Å². The summed E-state index contributed by atoms with van der Waals surface area (Å²) in [6.45, 7) is 4.56. The van der Waals surface area contributed by atoms with Crippen LogP contribution in [0.15, 0.2) is 39.8 Å². The highest BCUT2D eigenvalue weighted by molar-refractivity contribution is 6.06. The van der Waals surface area contributed by atoms with Gasteiger partial charge in [-0.1, -0.05) is 18.2 Å². The minimum atomic E-state index is -0.305. The summed E-state index contributed by atoms with van der Waals surface area (Å²) >= 11 is 0. The van der Waals surface area contributed by atoms with E-state index in [4.69, 9.17) is 4.42 Å². The van der Waals surface area contributed by atoms with Crippen LogP contribution in [0, 0.1) is 13.8 Å². The quantitative estimate of drug-likeness (QED) is 0.716. The molecule has 1 saturated heterocycles. The van der Waals surface area contributed by atoms with E-state index in [0.29, 0.717) is 37.3 Å². The van der Waals surface area contributed by atoms with Gasteiger partial charge in [-0.2, -0.15) is 0 Å². The molecule has 0 bridgehead atoms. The van der Waals surface area contributed by atoms with E-state index in [1.165, 1.54) is 10.9 Å². The summed E-state index contributed by atoms with van der Waals surface area (Å²) in [7, 11) is 1.59. The average molecular weight is 408 g/mol. The van der Waals surface area contributed by atoms with E-state index in [-0.39, 0.29) is 40.1 Å². The number of hydrogen-bond acceptors (Lipinski definition) is 5. The molecule has 2 aromatic heterocycles. The standard InChI is InChI=1S/C22H24N4O4/c1-13-6-4-5-7-16(13)19(27)24-15-8-10-26(11-9-15)22(29)17-14(2)30-20-18(17)21(28)25(3)12-23-20/h4-7,12,15H,8-11H2,1-3H3,(H,24,27). The molecule has 2 amide bonds. The van der Waals surface area contributed by atoms with Gasteiger partial charge in [0.05, 0.1) is 5.56 Å². The number of rotatable bonds is 3. The molecule has 0 radical (unpaired) electrons. The van der Waals surface area contributed by atoms with E-state index in [1.807, 2.05) is 31.2 Å². The number of fused-ring (bicyclic) bond motifs is 1. The van der Waals surface area contributed by atoms with Crippen molar-refractivity contribution in [2.75, 3.05) is 13.1 Å². The zero-order chi connectivity index (χ0) is 21.4. The molecule has 8 nitrogen and oxygen atoms in total. The first-order valence-corrected chi connectivity index (χ1v) is 9.97. The number of benzene rings is 1. The largest absolute Gasteiger partial charge is 0.442 e. The Balaban J connectivity index is 1.47. The monoisotopic (exact) mass is 408 g/mol. The third-order valence-electron chi connectivity index (χ3n) is 5.67. The van der Waals surface area contributed by atoms with Crippen LogP contribution >= 0.6 is 0 Å². The maximum Gasteiger partial charge on any atom is 0.265 e. The van der Waals surface area contributed by atoms with Crippen molar-refractivity contribution >= 4 is 22.9 Å². The molecule has 1 N–H and O–H groups in total. The van der Waals surface area contributed by atoms with Crippen LogP contribution in [0.5, 0.6) is 0 Å². The van der Waals surface area contributed by atoms with Crippen molar-refractivity contribution in [1.82, 2.24) is 19.8 Å². The summed E-state index contributed by atoms with van der Waals surface area (Å²) < 4.78 is 6.89. The summed E-state index contributed by atoms with van der Waals surface area (Å²) in [6.07, 6.45) is 2.67. The Morgan fingerprint density at radius 3 is 2.57 bits per heavy atom. The molecule has 0 spiro atoms. The number of carbonyl (C=O) groups excluding carboxylic acids is 2. The Hall–Kier alpha value is -3.42. The molecule has 0 unspecified atom stereocenters. The van der Waals surface area contributed by atoms with E-state index >= 15 is 0 Å². The maximum absolute atomic E-state index is 13.2. The topological polar surface area (TPSA) is 97.4 Å². The first-order valence-electron chi connectivity index (χ1n) is 9.97. The van der Waals surface area contributed by atoms with Crippen LogP contribution in [-0.2, 0) is 7.05 Å². The molecule has 156 valence electrons. The van der Waals surface area contributed by atoms with E-state index in [2.05, 4.69) is 10.3 Å². The van der Waals surface area contributed by atoms with Gasteiger partial charge in [0.2, 0.25) is 5.71 Å². The maximum atomic E-state index is 13.2. The Morgan fingerprint density at radius 2 is 1.87 bits per heavy atom. The summed E-state index contributed by atoms with van der Waals surface area (Å²) in [5.41, 5.74) is 1.75. The number of carbonyl (C=O) groups is 2. The van der Waals surface area contributed by atoms with Crippen LogP contribution in [0.2, 0.25) is 0 Å². The Labute approximate surface area is 173 Å². The second kappa shape index (κ2) is 7.78. The van der Waals surface area contributed by atoms with Gasteiger partial charge in [-0.05, 0) is 38.3 Å². The van der Waals surface area contributed by atoms with Crippen molar-refractivity contribution < 1.29 is 14.0 Å². The molecule has 1 aromatic carbocycles. The van der Waals surface area contributed by atoms with Gasteiger partial charge < -0.3 is 19.2 Å². The van der Waals surface area contributed by atoms with E-state index in [0.717, 1.165) is 5.56 Å². The third-order valence-corrected chi connectivity index (χ3v) is 5.67. The van der Waals surface area contributed by atoms with Crippen LogP contribution in [-0.4, -0.2) is 45.4 Å². The van der Waals surface area contributed by atoms with Gasteiger partial charge in [0.25, 0.3) is 17.4 Å². The first kappa shape index (κ1) is 19.9. The molecule has 3 heterocycles. The number of hydrogen-bond donors (Lipinski definition) is 1. The Kier molecular flexibility index (Phi) is 5.15. The molecule has 0 atom stereocenters. The minimum Gasteiger partial charge on any atom is -0.442 e. The number of likely N-dealkylation sites (tertiary alicyclic amines) is 1. The number of amides is 2. The molecule has 0 aliphatic carbocycles. The lowest BCUT2D eigenvalue weighted by Crippen LogP contribution is -2.46. The molecule has 1 aliphatic heterocycles. The smallest absolute Gasteiger partial charge is 0.265 e. The van der Waals surface area contributed by atoms with Gasteiger partial charge in [0.1, 0.15) is 17.5 Å². The molecule has 4 rings (SSSR count). The lowest BCUT2D eigenvalue weighted by atomic mass is 10.0. The molecule has 3 aromatic rings. The van der Waals surface area contributed by atoms with Gasteiger partial charge >= 0.3 is 0 Å². The summed E-state index contributed by atoms with van der Waals surface area (Å²) in [5.74, 6) is 0.0601. The zero-order valence-electron chi connectivity index (χ0n) is 17.3. The lowest BCUT2D eigenvalue weighted by molar-refractivity contribution is 0.0698. The second-order valence-electron chi connectivity index (χ2n) is 7.73. The van der Waals surface area contributed by atoms with E-state index in [1.54, 1.807) is 18.9 Å². The Bertz CT molecular complexity index is 1190. The molecular weight excluding hydrogens is 384 g/mol. The molecular formula is C22H24N4O4. The fraction of sp³-hybridized carbons (Fsp3) is 0.364.